The van der Waals surface area contributed by atoms with Crippen molar-refractivity contribution in [2.45, 2.75) is 25.7 Å². The van der Waals surface area contributed by atoms with Crippen LogP contribution in [0.25, 0.3) is 0 Å². The summed E-state index contributed by atoms with van der Waals surface area (Å²) in [5.41, 5.74) is 2.63. The molecule has 2 rings (SSSR count). The van der Waals surface area contributed by atoms with Gasteiger partial charge in [0, 0.05) is 14.0 Å². The fourth-order valence-electron chi connectivity index (χ4n) is 2.11. The van der Waals surface area contributed by atoms with E-state index in [0.717, 1.165) is 17.9 Å². The number of benzene rings is 2. The first-order valence-electron chi connectivity index (χ1n) is 6.26. The Labute approximate surface area is 136 Å². The maximum absolute atomic E-state index is 6.04. The molecule has 3 heteroatoms. The van der Waals surface area contributed by atoms with Crippen LogP contribution in [0.2, 0.25) is 5.02 Å². The highest BCUT2D eigenvalue weighted by Gasteiger charge is 2.10. The second kappa shape index (κ2) is 6.92. The van der Waals surface area contributed by atoms with E-state index in [9.17, 15) is 0 Å². The van der Waals surface area contributed by atoms with Gasteiger partial charge in [0.25, 0.3) is 0 Å². The van der Waals surface area contributed by atoms with Crippen molar-refractivity contribution in [2.75, 3.05) is 0 Å². The summed E-state index contributed by atoms with van der Waals surface area (Å²) < 4.78 is 2.33. The van der Waals surface area contributed by atoms with Gasteiger partial charge in [-0.1, -0.05) is 68.6 Å². The van der Waals surface area contributed by atoms with Crippen LogP contribution in [0.15, 0.2) is 51.4 Å². The van der Waals surface area contributed by atoms with Gasteiger partial charge in [-0.25, -0.2) is 0 Å². The lowest BCUT2D eigenvalue weighted by Crippen LogP contribution is -1.98. The molecule has 0 spiro atoms. The fraction of sp³-hybridized carbons (Fsp3) is 0.250. The molecule has 0 fully saturated rings. The van der Waals surface area contributed by atoms with Crippen LogP contribution in [-0.2, 0) is 6.42 Å². The van der Waals surface area contributed by atoms with Gasteiger partial charge in [0.2, 0.25) is 0 Å². The topological polar surface area (TPSA) is 0 Å². The van der Waals surface area contributed by atoms with Crippen molar-refractivity contribution in [3.63, 3.8) is 0 Å². The molecule has 0 saturated carbocycles. The zero-order valence-corrected chi connectivity index (χ0v) is 14.6. The number of rotatable bonds is 4. The van der Waals surface area contributed by atoms with E-state index >= 15 is 0 Å². The molecule has 2 aromatic rings. The normalized spacial score (nSPS) is 12.4. The molecular formula is C16H15Br2Cl. The van der Waals surface area contributed by atoms with Crippen LogP contribution in [-0.4, -0.2) is 0 Å². The molecule has 0 aliphatic heterocycles. The van der Waals surface area contributed by atoms with Crippen molar-refractivity contribution < 1.29 is 0 Å². The van der Waals surface area contributed by atoms with E-state index in [1.165, 1.54) is 20.1 Å². The Balaban J connectivity index is 2.06. The van der Waals surface area contributed by atoms with E-state index in [-0.39, 0.29) is 0 Å². The van der Waals surface area contributed by atoms with Crippen molar-refractivity contribution in [3.05, 3.63) is 67.6 Å². The van der Waals surface area contributed by atoms with Crippen molar-refractivity contribution in [2.24, 2.45) is 0 Å². The third kappa shape index (κ3) is 4.08. The predicted octanol–water partition coefficient (Wildman–Crippen LogP) is 6.60. The summed E-state index contributed by atoms with van der Waals surface area (Å²) >= 11 is 13.3. The second-order valence-electron chi connectivity index (χ2n) is 4.69. The lowest BCUT2D eigenvalue weighted by atomic mass is 9.94. The summed E-state index contributed by atoms with van der Waals surface area (Å²) in [4.78, 5) is 0. The van der Waals surface area contributed by atoms with Gasteiger partial charge < -0.3 is 0 Å². The first-order valence-corrected chi connectivity index (χ1v) is 8.22. The van der Waals surface area contributed by atoms with E-state index in [0.29, 0.717) is 5.92 Å². The molecule has 0 N–H and O–H groups in total. The molecule has 0 radical (unpaired) electrons. The quantitative estimate of drug-likeness (QED) is 0.540. The zero-order valence-electron chi connectivity index (χ0n) is 10.7. The van der Waals surface area contributed by atoms with Gasteiger partial charge >= 0.3 is 0 Å². The molecular weight excluding hydrogens is 387 g/mol. The molecule has 0 aliphatic rings. The Morgan fingerprint density at radius 3 is 2.32 bits per heavy atom. The molecule has 0 nitrogen and oxygen atoms in total. The highest BCUT2D eigenvalue weighted by atomic mass is 79.9. The smallest absolute Gasteiger partial charge is 0.0408 e. The molecule has 0 saturated heterocycles. The number of halogens is 3. The van der Waals surface area contributed by atoms with Gasteiger partial charge in [0.15, 0.2) is 0 Å². The minimum Gasteiger partial charge on any atom is -0.0843 e. The van der Waals surface area contributed by atoms with E-state index in [1.807, 2.05) is 18.2 Å². The van der Waals surface area contributed by atoms with E-state index in [4.69, 9.17) is 11.6 Å². The summed E-state index contributed by atoms with van der Waals surface area (Å²) in [6.45, 7) is 2.25. The van der Waals surface area contributed by atoms with Crippen LogP contribution in [0.4, 0.5) is 0 Å². The minimum absolute atomic E-state index is 0.498. The molecule has 100 valence electrons. The molecule has 0 heterocycles. The second-order valence-corrected chi connectivity index (χ2v) is 6.84. The molecule has 2 aromatic carbocycles. The van der Waals surface area contributed by atoms with E-state index in [1.54, 1.807) is 0 Å². The third-order valence-electron chi connectivity index (χ3n) is 3.31. The van der Waals surface area contributed by atoms with Gasteiger partial charge in [0.1, 0.15) is 0 Å². The Kier molecular flexibility index (Phi) is 5.49. The lowest BCUT2D eigenvalue weighted by molar-refractivity contribution is 0.677. The van der Waals surface area contributed by atoms with Gasteiger partial charge in [-0.15, -0.1) is 0 Å². The summed E-state index contributed by atoms with van der Waals surface area (Å²) in [6.07, 6.45) is 2.14. The number of hydrogen-bond donors (Lipinski definition) is 0. The highest BCUT2D eigenvalue weighted by molar-refractivity contribution is 9.11. The van der Waals surface area contributed by atoms with E-state index < -0.39 is 0 Å². The Morgan fingerprint density at radius 1 is 1.05 bits per heavy atom. The first-order chi connectivity index (χ1) is 9.08. The van der Waals surface area contributed by atoms with Crippen LogP contribution in [0.1, 0.15) is 30.4 Å². The van der Waals surface area contributed by atoms with Crippen molar-refractivity contribution in [1.82, 2.24) is 0 Å². The van der Waals surface area contributed by atoms with E-state index in [2.05, 4.69) is 63.0 Å². The Hall–Kier alpha value is -0.310. The monoisotopic (exact) mass is 400 g/mol. The molecule has 0 bridgehead atoms. The summed E-state index contributed by atoms with van der Waals surface area (Å²) in [5, 5.41) is 0.812. The average Bonchev–Trinajstić information content (AvgIpc) is 2.38. The average molecular weight is 403 g/mol. The number of hydrogen-bond acceptors (Lipinski definition) is 0. The Bertz CT molecular complexity index is 546. The molecule has 1 unspecified atom stereocenters. The molecule has 0 amide bonds. The van der Waals surface area contributed by atoms with Crippen molar-refractivity contribution in [1.29, 1.82) is 0 Å². The Morgan fingerprint density at radius 2 is 1.68 bits per heavy atom. The molecule has 1 atom stereocenters. The SMILES string of the molecule is CC(CCc1c(Br)cccc1Br)c1cccc(Cl)c1. The van der Waals surface area contributed by atoms with Crippen molar-refractivity contribution in [3.8, 4) is 0 Å². The molecule has 0 aromatic heterocycles. The van der Waals surface area contributed by atoms with Crippen molar-refractivity contribution >= 4 is 43.5 Å². The summed E-state index contributed by atoms with van der Waals surface area (Å²) in [7, 11) is 0. The van der Waals surface area contributed by atoms with Crippen LogP contribution in [0.3, 0.4) is 0 Å². The molecule has 0 aliphatic carbocycles. The van der Waals surface area contributed by atoms with Gasteiger partial charge in [-0.2, -0.15) is 0 Å². The lowest BCUT2D eigenvalue weighted by Gasteiger charge is -2.14. The first kappa shape index (κ1) is 15.1. The van der Waals surface area contributed by atoms with Gasteiger partial charge in [-0.05, 0) is 54.2 Å². The van der Waals surface area contributed by atoms with Gasteiger partial charge in [-0.3, -0.25) is 0 Å². The summed E-state index contributed by atoms with van der Waals surface area (Å²) in [5.74, 6) is 0.498. The van der Waals surface area contributed by atoms with Crippen LogP contribution in [0, 0.1) is 0 Å². The maximum Gasteiger partial charge on any atom is 0.0408 e. The maximum atomic E-state index is 6.04. The van der Waals surface area contributed by atoms with Gasteiger partial charge in [0.05, 0.1) is 0 Å². The highest BCUT2D eigenvalue weighted by Crippen LogP contribution is 2.30. The fourth-order valence-corrected chi connectivity index (χ4v) is 3.71. The summed E-state index contributed by atoms with van der Waals surface area (Å²) in [6, 6.07) is 14.4. The van der Waals surface area contributed by atoms with Crippen LogP contribution >= 0.6 is 43.5 Å². The zero-order chi connectivity index (χ0) is 13.8. The third-order valence-corrected chi connectivity index (χ3v) is 5.03. The van der Waals surface area contributed by atoms with Crippen LogP contribution in [0.5, 0.6) is 0 Å². The van der Waals surface area contributed by atoms with Crippen LogP contribution < -0.4 is 0 Å². The predicted molar refractivity (Wildman–Crippen MR) is 90.0 cm³/mol. The largest absolute Gasteiger partial charge is 0.0843 e. The minimum atomic E-state index is 0.498. The standard InChI is InChI=1S/C16H15Br2Cl/c1-11(12-4-2-5-13(19)10-12)8-9-14-15(17)6-3-7-16(14)18/h2-7,10-11H,8-9H2,1H3. The molecule has 19 heavy (non-hydrogen) atoms.